The van der Waals surface area contributed by atoms with Crippen molar-refractivity contribution in [1.29, 1.82) is 0 Å². The summed E-state index contributed by atoms with van der Waals surface area (Å²) in [4.78, 5) is 0. The van der Waals surface area contributed by atoms with E-state index in [1.807, 2.05) is 0 Å². The molecule has 2 aliphatic rings. The van der Waals surface area contributed by atoms with E-state index in [4.69, 9.17) is 0 Å². The Morgan fingerprint density at radius 2 is 1.88 bits per heavy atom. The molecule has 0 aromatic carbocycles. The van der Waals surface area contributed by atoms with E-state index in [1.165, 1.54) is 57.9 Å². The van der Waals surface area contributed by atoms with E-state index in [0.717, 1.165) is 23.8 Å². The van der Waals surface area contributed by atoms with E-state index in [1.54, 1.807) is 0 Å². The number of hydrogen-bond donors (Lipinski definition) is 1. The van der Waals surface area contributed by atoms with Crippen molar-refractivity contribution >= 4 is 0 Å². The van der Waals surface area contributed by atoms with Gasteiger partial charge in [-0.2, -0.15) is 0 Å². The molecule has 0 radical (unpaired) electrons. The molecule has 0 heterocycles. The predicted octanol–water partition coefficient (Wildman–Crippen LogP) is 3.98. The molecule has 0 amide bonds. The summed E-state index contributed by atoms with van der Waals surface area (Å²) < 4.78 is 0. The summed E-state index contributed by atoms with van der Waals surface area (Å²) in [6, 6.07) is 0.889. The van der Waals surface area contributed by atoms with Crippen LogP contribution < -0.4 is 5.32 Å². The molecule has 1 N–H and O–H groups in total. The second kappa shape index (κ2) is 6.05. The molecule has 0 bridgehead atoms. The highest BCUT2D eigenvalue weighted by atomic mass is 14.9. The molecule has 0 aliphatic heterocycles. The fourth-order valence-corrected chi connectivity index (χ4v) is 3.51. The summed E-state index contributed by atoms with van der Waals surface area (Å²) in [5.41, 5.74) is 0. The highest BCUT2D eigenvalue weighted by molar-refractivity contribution is 4.82. The Kier molecular flexibility index (Phi) is 4.69. The molecule has 94 valence electrons. The molecule has 2 fully saturated rings. The molecule has 0 saturated heterocycles. The maximum Gasteiger partial charge on any atom is 0.00682 e. The third kappa shape index (κ3) is 3.48. The van der Waals surface area contributed by atoms with Crippen LogP contribution in [0.1, 0.15) is 65.2 Å². The average molecular weight is 223 g/mol. The predicted molar refractivity (Wildman–Crippen MR) is 70.5 cm³/mol. The van der Waals surface area contributed by atoms with Crippen LogP contribution in [0.3, 0.4) is 0 Å². The van der Waals surface area contributed by atoms with Gasteiger partial charge < -0.3 is 5.32 Å². The summed E-state index contributed by atoms with van der Waals surface area (Å²) in [6.45, 7) is 6.14. The van der Waals surface area contributed by atoms with Gasteiger partial charge in [-0.3, -0.25) is 0 Å². The van der Waals surface area contributed by atoms with Gasteiger partial charge in [0.05, 0.1) is 0 Å². The van der Waals surface area contributed by atoms with Crippen LogP contribution in [-0.4, -0.2) is 12.6 Å². The summed E-state index contributed by atoms with van der Waals surface area (Å²) >= 11 is 0. The van der Waals surface area contributed by atoms with Gasteiger partial charge in [-0.25, -0.2) is 0 Å². The fraction of sp³-hybridized carbons (Fsp3) is 1.00. The number of hydrogen-bond acceptors (Lipinski definition) is 1. The van der Waals surface area contributed by atoms with E-state index in [0.29, 0.717) is 0 Å². The molecule has 1 heteroatoms. The van der Waals surface area contributed by atoms with Gasteiger partial charge in [-0.1, -0.05) is 39.5 Å². The maximum atomic E-state index is 3.66. The Balaban J connectivity index is 1.69. The quantitative estimate of drug-likeness (QED) is 0.718. The Bertz CT molecular complexity index is 198. The zero-order valence-corrected chi connectivity index (χ0v) is 11.2. The zero-order valence-electron chi connectivity index (χ0n) is 11.2. The molecule has 1 nitrogen and oxygen atoms in total. The van der Waals surface area contributed by atoms with Gasteiger partial charge >= 0.3 is 0 Å². The summed E-state index contributed by atoms with van der Waals surface area (Å²) in [5.74, 6) is 3.00. The minimum atomic E-state index is 0.889. The first kappa shape index (κ1) is 12.4. The smallest absolute Gasteiger partial charge is 0.00682 e. The largest absolute Gasteiger partial charge is 0.314 e. The van der Waals surface area contributed by atoms with E-state index in [2.05, 4.69) is 19.2 Å². The van der Waals surface area contributed by atoms with Crippen LogP contribution in [0, 0.1) is 17.8 Å². The first-order chi connectivity index (χ1) is 7.81. The topological polar surface area (TPSA) is 12.0 Å². The van der Waals surface area contributed by atoms with E-state index >= 15 is 0 Å². The Morgan fingerprint density at radius 3 is 2.56 bits per heavy atom. The maximum absolute atomic E-state index is 3.66. The lowest BCUT2D eigenvalue weighted by Crippen LogP contribution is -2.28. The van der Waals surface area contributed by atoms with Crippen molar-refractivity contribution in [1.82, 2.24) is 5.32 Å². The third-order valence-electron chi connectivity index (χ3n) is 4.83. The van der Waals surface area contributed by atoms with Crippen molar-refractivity contribution in [3.8, 4) is 0 Å². The van der Waals surface area contributed by atoms with Crippen LogP contribution in [0.15, 0.2) is 0 Å². The number of rotatable bonds is 6. The fourth-order valence-electron chi connectivity index (χ4n) is 3.51. The molecule has 16 heavy (non-hydrogen) atoms. The van der Waals surface area contributed by atoms with Gasteiger partial charge in [0.1, 0.15) is 0 Å². The average Bonchev–Trinajstić information content (AvgIpc) is 3.13. The van der Waals surface area contributed by atoms with Gasteiger partial charge in [0.25, 0.3) is 0 Å². The van der Waals surface area contributed by atoms with Gasteiger partial charge in [0, 0.05) is 6.04 Å². The molecule has 0 aromatic heterocycles. The second-order valence-electron chi connectivity index (χ2n) is 6.11. The van der Waals surface area contributed by atoms with Crippen molar-refractivity contribution in [2.75, 3.05) is 6.54 Å². The molecular formula is C15H29N. The molecule has 3 atom stereocenters. The van der Waals surface area contributed by atoms with Crippen LogP contribution in [-0.2, 0) is 0 Å². The summed E-state index contributed by atoms with van der Waals surface area (Å²) in [5, 5.41) is 3.66. The summed E-state index contributed by atoms with van der Waals surface area (Å²) in [6.07, 6.45) is 11.6. The van der Waals surface area contributed by atoms with Crippen LogP contribution in [0.4, 0.5) is 0 Å². The molecule has 2 aliphatic carbocycles. The standard InChI is InChI=1S/C15H29N/c1-3-13-6-4-5-7-15(13)12(2)10-11-16-14-8-9-14/h12-16H,3-11H2,1-2H3. The highest BCUT2D eigenvalue weighted by Gasteiger charge is 2.28. The highest BCUT2D eigenvalue weighted by Crippen LogP contribution is 2.38. The first-order valence-electron chi connectivity index (χ1n) is 7.54. The molecular weight excluding hydrogens is 194 g/mol. The molecule has 2 rings (SSSR count). The minimum absolute atomic E-state index is 0.889. The van der Waals surface area contributed by atoms with Crippen LogP contribution in [0.2, 0.25) is 0 Å². The number of nitrogens with one attached hydrogen (secondary N) is 1. The Morgan fingerprint density at radius 1 is 1.12 bits per heavy atom. The van der Waals surface area contributed by atoms with Crippen LogP contribution in [0.5, 0.6) is 0 Å². The molecule has 3 unspecified atom stereocenters. The minimum Gasteiger partial charge on any atom is -0.314 e. The van der Waals surface area contributed by atoms with Gasteiger partial charge in [-0.05, 0) is 50.0 Å². The lowest BCUT2D eigenvalue weighted by Gasteiger charge is -2.35. The van der Waals surface area contributed by atoms with Crippen molar-refractivity contribution in [2.45, 2.75) is 71.3 Å². The first-order valence-corrected chi connectivity index (χ1v) is 7.54. The van der Waals surface area contributed by atoms with Gasteiger partial charge in [-0.15, -0.1) is 0 Å². The van der Waals surface area contributed by atoms with Crippen LogP contribution >= 0.6 is 0 Å². The van der Waals surface area contributed by atoms with E-state index in [-0.39, 0.29) is 0 Å². The Hall–Kier alpha value is -0.0400. The third-order valence-corrected chi connectivity index (χ3v) is 4.83. The lowest BCUT2D eigenvalue weighted by atomic mass is 9.71. The molecule has 0 spiro atoms. The second-order valence-corrected chi connectivity index (χ2v) is 6.11. The zero-order chi connectivity index (χ0) is 11.4. The van der Waals surface area contributed by atoms with Gasteiger partial charge in [0.15, 0.2) is 0 Å². The van der Waals surface area contributed by atoms with E-state index < -0.39 is 0 Å². The van der Waals surface area contributed by atoms with Crippen LogP contribution in [0.25, 0.3) is 0 Å². The van der Waals surface area contributed by atoms with Crippen molar-refractivity contribution in [2.24, 2.45) is 17.8 Å². The van der Waals surface area contributed by atoms with Crippen molar-refractivity contribution < 1.29 is 0 Å². The lowest BCUT2D eigenvalue weighted by molar-refractivity contribution is 0.159. The van der Waals surface area contributed by atoms with Gasteiger partial charge in [0.2, 0.25) is 0 Å². The normalized spacial score (nSPS) is 32.6. The summed E-state index contributed by atoms with van der Waals surface area (Å²) in [7, 11) is 0. The van der Waals surface area contributed by atoms with E-state index in [9.17, 15) is 0 Å². The SMILES string of the molecule is CCC1CCCCC1C(C)CCNC1CC1. The van der Waals surface area contributed by atoms with Crippen molar-refractivity contribution in [3.05, 3.63) is 0 Å². The van der Waals surface area contributed by atoms with Crippen molar-refractivity contribution in [3.63, 3.8) is 0 Å². The Labute approximate surface area is 101 Å². The molecule has 0 aromatic rings. The monoisotopic (exact) mass is 223 g/mol. The molecule has 2 saturated carbocycles.